The SMILES string of the molecule is CCCn1ncc(Br)c1C(C)(O)c1ccc(C)s1. The van der Waals surface area contributed by atoms with E-state index in [0.29, 0.717) is 0 Å². The standard InChI is InChI=1S/C13H17BrN2OS/c1-4-7-16-12(10(14)8-15-16)13(3,17)11-6-5-9(2)18-11/h5-6,8,17H,4,7H2,1-3H3. The molecule has 2 aromatic rings. The van der Waals surface area contributed by atoms with Gasteiger partial charge in [0.15, 0.2) is 0 Å². The van der Waals surface area contributed by atoms with E-state index in [9.17, 15) is 5.11 Å². The fraction of sp³-hybridized carbons (Fsp3) is 0.462. The zero-order valence-electron chi connectivity index (χ0n) is 10.8. The normalized spacial score (nSPS) is 14.7. The van der Waals surface area contributed by atoms with Crippen molar-refractivity contribution in [3.63, 3.8) is 0 Å². The van der Waals surface area contributed by atoms with Crippen molar-refractivity contribution in [1.82, 2.24) is 9.78 Å². The van der Waals surface area contributed by atoms with Crippen LogP contribution in [0.5, 0.6) is 0 Å². The molecular weight excluding hydrogens is 312 g/mol. The van der Waals surface area contributed by atoms with Crippen molar-refractivity contribution in [2.24, 2.45) is 0 Å². The second kappa shape index (κ2) is 5.15. The average molecular weight is 329 g/mol. The van der Waals surface area contributed by atoms with Gasteiger partial charge in [0.25, 0.3) is 0 Å². The highest BCUT2D eigenvalue weighted by atomic mass is 79.9. The van der Waals surface area contributed by atoms with E-state index < -0.39 is 5.60 Å². The molecule has 0 saturated carbocycles. The number of aliphatic hydroxyl groups is 1. The topological polar surface area (TPSA) is 38.0 Å². The molecule has 0 amide bonds. The Morgan fingerprint density at radius 1 is 1.50 bits per heavy atom. The van der Waals surface area contributed by atoms with Crippen LogP contribution < -0.4 is 0 Å². The zero-order valence-corrected chi connectivity index (χ0v) is 13.2. The molecule has 1 unspecified atom stereocenters. The van der Waals surface area contributed by atoms with Crippen LogP contribution in [0.2, 0.25) is 0 Å². The summed E-state index contributed by atoms with van der Waals surface area (Å²) in [4.78, 5) is 2.14. The Bertz CT molecular complexity index is 545. The minimum absolute atomic E-state index is 0.807. The molecule has 5 heteroatoms. The maximum Gasteiger partial charge on any atom is 0.138 e. The number of halogens is 1. The molecule has 18 heavy (non-hydrogen) atoms. The van der Waals surface area contributed by atoms with E-state index in [1.54, 1.807) is 17.5 Å². The van der Waals surface area contributed by atoms with Crippen LogP contribution in [0.25, 0.3) is 0 Å². The zero-order chi connectivity index (χ0) is 13.3. The molecule has 0 aliphatic rings. The van der Waals surface area contributed by atoms with E-state index in [1.807, 2.05) is 30.7 Å². The lowest BCUT2D eigenvalue weighted by Crippen LogP contribution is -2.26. The molecule has 0 radical (unpaired) electrons. The van der Waals surface area contributed by atoms with Gasteiger partial charge in [0.1, 0.15) is 5.60 Å². The predicted octanol–water partition coefficient (Wildman–Crippen LogP) is 3.68. The Hall–Kier alpha value is -0.650. The van der Waals surface area contributed by atoms with E-state index in [0.717, 1.165) is 28.0 Å². The van der Waals surface area contributed by atoms with Gasteiger partial charge in [-0.05, 0) is 48.3 Å². The van der Waals surface area contributed by atoms with Crippen molar-refractivity contribution >= 4 is 27.3 Å². The van der Waals surface area contributed by atoms with E-state index in [-0.39, 0.29) is 0 Å². The van der Waals surface area contributed by atoms with Gasteiger partial charge < -0.3 is 5.11 Å². The van der Waals surface area contributed by atoms with Crippen LogP contribution in [0, 0.1) is 6.92 Å². The molecule has 1 atom stereocenters. The number of aromatic nitrogens is 2. The quantitative estimate of drug-likeness (QED) is 0.929. The summed E-state index contributed by atoms with van der Waals surface area (Å²) in [6.07, 6.45) is 2.74. The molecule has 0 saturated heterocycles. The third kappa shape index (κ3) is 2.39. The van der Waals surface area contributed by atoms with Crippen molar-refractivity contribution in [3.8, 4) is 0 Å². The first-order valence-corrected chi connectivity index (χ1v) is 7.58. The number of thiophene rings is 1. The summed E-state index contributed by atoms with van der Waals surface area (Å²) in [5.41, 5.74) is -0.185. The third-order valence-electron chi connectivity index (χ3n) is 2.91. The van der Waals surface area contributed by atoms with Gasteiger partial charge in [0, 0.05) is 16.3 Å². The minimum atomic E-state index is -1.01. The lowest BCUT2D eigenvalue weighted by Gasteiger charge is -2.24. The molecule has 2 aromatic heterocycles. The summed E-state index contributed by atoms with van der Waals surface area (Å²) in [5, 5.41) is 15.2. The van der Waals surface area contributed by atoms with Gasteiger partial charge in [-0.3, -0.25) is 4.68 Å². The largest absolute Gasteiger partial charge is 0.378 e. The highest BCUT2D eigenvalue weighted by Crippen LogP contribution is 2.37. The molecule has 1 N–H and O–H groups in total. The van der Waals surface area contributed by atoms with Crippen molar-refractivity contribution < 1.29 is 5.11 Å². The summed E-state index contributed by atoms with van der Waals surface area (Å²) in [6.45, 7) is 6.78. The fourth-order valence-corrected chi connectivity index (χ4v) is 3.64. The maximum absolute atomic E-state index is 10.9. The summed E-state index contributed by atoms with van der Waals surface area (Å²) < 4.78 is 2.73. The Kier molecular flexibility index (Phi) is 3.94. The van der Waals surface area contributed by atoms with Crippen LogP contribution in [0.3, 0.4) is 0 Å². The minimum Gasteiger partial charge on any atom is -0.378 e. The smallest absolute Gasteiger partial charge is 0.138 e. The van der Waals surface area contributed by atoms with E-state index in [2.05, 4.69) is 28.0 Å². The molecule has 2 rings (SSSR count). The summed E-state index contributed by atoms with van der Waals surface area (Å²) >= 11 is 5.10. The number of rotatable bonds is 4. The van der Waals surface area contributed by atoms with Crippen molar-refractivity contribution in [1.29, 1.82) is 0 Å². The van der Waals surface area contributed by atoms with Gasteiger partial charge in [-0.2, -0.15) is 5.10 Å². The monoisotopic (exact) mass is 328 g/mol. The van der Waals surface area contributed by atoms with Gasteiger partial charge in [0.2, 0.25) is 0 Å². The van der Waals surface area contributed by atoms with Crippen molar-refractivity contribution in [3.05, 3.63) is 38.3 Å². The van der Waals surface area contributed by atoms with E-state index in [1.165, 1.54) is 4.88 Å². The molecule has 2 heterocycles. The maximum atomic E-state index is 10.9. The number of hydrogen-bond acceptors (Lipinski definition) is 3. The van der Waals surface area contributed by atoms with Crippen LogP contribution in [0.4, 0.5) is 0 Å². The van der Waals surface area contributed by atoms with Gasteiger partial charge in [-0.15, -0.1) is 11.3 Å². The number of aryl methyl sites for hydroxylation is 2. The molecule has 3 nitrogen and oxygen atoms in total. The summed E-state index contributed by atoms with van der Waals surface area (Å²) in [5.74, 6) is 0. The molecule has 0 aliphatic carbocycles. The average Bonchev–Trinajstić information content (AvgIpc) is 2.87. The summed E-state index contributed by atoms with van der Waals surface area (Å²) in [7, 11) is 0. The van der Waals surface area contributed by atoms with Crippen LogP contribution in [0.1, 0.15) is 35.7 Å². The molecule has 98 valence electrons. The molecule has 0 aliphatic heterocycles. The first-order chi connectivity index (χ1) is 8.46. The highest BCUT2D eigenvalue weighted by Gasteiger charge is 2.33. The van der Waals surface area contributed by atoms with Crippen LogP contribution >= 0.6 is 27.3 Å². The van der Waals surface area contributed by atoms with E-state index >= 15 is 0 Å². The van der Waals surface area contributed by atoms with Gasteiger partial charge in [-0.1, -0.05) is 6.92 Å². The predicted molar refractivity (Wildman–Crippen MR) is 77.9 cm³/mol. The van der Waals surface area contributed by atoms with Crippen molar-refractivity contribution in [2.45, 2.75) is 39.3 Å². The molecule has 0 bridgehead atoms. The molecular formula is C13H17BrN2OS. The lowest BCUT2D eigenvalue weighted by molar-refractivity contribution is 0.0944. The Morgan fingerprint density at radius 3 is 2.78 bits per heavy atom. The van der Waals surface area contributed by atoms with Gasteiger partial charge in [-0.25, -0.2) is 0 Å². The molecule has 0 spiro atoms. The Morgan fingerprint density at radius 2 is 2.22 bits per heavy atom. The first kappa shape index (κ1) is 13.8. The molecule has 0 aromatic carbocycles. The molecule has 0 fully saturated rings. The lowest BCUT2D eigenvalue weighted by atomic mass is 10.0. The highest BCUT2D eigenvalue weighted by molar-refractivity contribution is 9.10. The fourth-order valence-electron chi connectivity index (χ4n) is 2.04. The third-order valence-corrected chi connectivity index (χ3v) is 4.70. The Balaban J connectivity index is 2.49. The van der Waals surface area contributed by atoms with Crippen molar-refractivity contribution in [2.75, 3.05) is 0 Å². The van der Waals surface area contributed by atoms with Gasteiger partial charge in [0.05, 0.1) is 16.4 Å². The number of nitrogens with zero attached hydrogens (tertiary/aromatic N) is 2. The van der Waals surface area contributed by atoms with Crippen LogP contribution in [0.15, 0.2) is 22.8 Å². The Labute approximate surface area is 120 Å². The van der Waals surface area contributed by atoms with E-state index in [4.69, 9.17) is 0 Å². The number of hydrogen-bond donors (Lipinski definition) is 1. The second-order valence-electron chi connectivity index (χ2n) is 4.55. The van der Waals surface area contributed by atoms with Crippen LogP contribution in [-0.2, 0) is 12.1 Å². The summed E-state index contributed by atoms with van der Waals surface area (Å²) in [6, 6.07) is 4.01. The first-order valence-electron chi connectivity index (χ1n) is 5.98. The second-order valence-corrected chi connectivity index (χ2v) is 6.69. The van der Waals surface area contributed by atoms with Crippen LogP contribution in [-0.4, -0.2) is 14.9 Å². The van der Waals surface area contributed by atoms with Gasteiger partial charge >= 0.3 is 0 Å².